The Balaban J connectivity index is 1.67. The lowest BCUT2D eigenvalue weighted by molar-refractivity contribution is -0.142. The molecular weight excluding hydrogens is 294 g/mol. The van der Waals surface area contributed by atoms with Crippen LogP contribution in [-0.2, 0) is 17.8 Å². The van der Waals surface area contributed by atoms with Gasteiger partial charge >= 0.3 is 0 Å². The Labute approximate surface area is 137 Å². The van der Waals surface area contributed by atoms with E-state index in [1.165, 1.54) is 5.56 Å². The highest BCUT2D eigenvalue weighted by Gasteiger charge is 2.35. The summed E-state index contributed by atoms with van der Waals surface area (Å²) in [4.78, 5) is 16.8. The Morgan fingerprint density at radius 2 is 1.87 bits per heavy atom. The first-order valence-corrected chi connectivity index (χ1v) is 8.11. The Bertz CT molecular complexity index is 585. The molecule has 0 unspecified atom stereocenters. The lowest BCUT2D eigenvalue weighted by Gasteiger charge is -2.41. The van der Waals surface area contributed by atoms with Gasteiger partial charge in [-0.1, -0.05) is 0 Å². The van der Waals surface area contributed by atoms with E-state index in [2.05, 4.69) is 4.90 Å². The molecule has 6 nitrogen and oxygen atoms in total. The molecule has 0 radical (unpaired) electrons. The zero-order chi connectivity index (χ0) is 16.4. The Hall–Kier alpha value is -1.79. The van der Waals surface area contributed by atoms with E-state index in [0.29, 0.717) is 13.1 Å². The van der Waals surface area contributed by atoms with Gasteiger partial charge < -0.3 is 25.0 Å². The number of methoxy groups -OCH3 is 2. The number of carbonyl (C=O) groups is 1. The predicted molar refractivity (Wildman–Crippen MR) is 87.7 cm³/mol. The van der Waals surface area contributed by atoms with Crippen LogP contribution in [-0.4, -0.2) is 62.7 Å². The number of nitrogens with zero attached hydrogens (tertiary/aromatic N) is 2. The second-order valence-corrected chi connectivity index (χ2v) is 6.23. The van der Waals surface area contributed by atoms with Crippen molar-refractivity contribution in [3.05, 3.63) is 23.3 Å². The Morgan fingerprint density at radius 1 is 1.22 bits per heavy atom. The molecule has 1 fully saturated rings. The number of likely N-dealkylation sites (tertiary alicyclic amines) is 1. The highest BCUT2D eigenvalue weighted by atomic mass is 16.5. The summed E-state index contributed by atoms with van der Waals surface area (Å²) in [6.07, 6.45) is 0.862. The summed E-state index contributed by atoms with van der Waals surface area (Å²) in [6.45, 7) is 4.64. The summed E-state index contributed by atoms with van der Waals surface area (Å²) >= 11 is 0. The third-order valence-electron chi connectivity index (χ3n) is 4.78. The number of hydrogen-bond donors (Lipinski definition) is 1. The predicted octanol–water partition coefficient (Wildman–Crippen LogP) is 0.479. The minimum atomic E-state index is 0.128. The molecule has 1 saturated heterocycles. The SMILES string of the molecule is COc1cc2c(cc1OC)CN(C(=O)C1CN(CCN)C1)CC2. The van der Waals surface area contributed by atoms with Crippen molar-refractivity contribution in [3.8, 4) is 11.5 Å². The van der Waals surface area contributed by atoms with Crippen LogP contribution in [0.1, 0.15) is 11.1 Å². The number of carbonyl (C=O) groups excluding carboxylic acids is 1. The van der Waals surface area contributed by atoms with Crippen LogP contribution in [0.3, 0.4) is 0 Å². The number of fused-ring (bicyclic) bond motifs is 1. The average Bonchev–Trinajstić information content (AvgIpc) is 2.55. The first kappa shape index (κ1) is 16.1. The van der Waals surface area contributed by atoms with Crippen LogP contribution in [0.15, 0.2) is 12.1 Å². The molecule has 1 aromatic carbocycles. The average molecular weight is 319 g/mol. The fourth-order valence-corrected chi connectivity index (χ4v) is 3.42. The van der Waals surface area contributed by atoms with Crippen molar-refractivity contribution in [2.24, 2.45) is 11.7 Å². The van der Waals surface area contributed by atoms with Crippen molar-refractivity contribution in [3.63, 3.8) is 0 Å². The maximum Gasteiger partial charge on any atom is 0.228 e. The van der Waals surface area contributed by atoms with Crippen LogP contribution < -0.4 is 15.2 Å². The molecule has 2 aliphatic heterocycles. The van der Waals surface area contributed by atoms with Crippen LogP contribution >= 0.6 is 0 Å². The second-order valence-electron chi connectivity index (χ2n) is 6.23. The fourth-order valence-electron chi connectivity index (χ4n) is 3.42. The number of hydrogen-bond acceptors (Lipinski definition) is 5. The van der Waals surface area contributed by atoms with Crippen molar-refractivity contribution >= 4 is 5.91 Å². The van der Waals surface area contributed by atoms with Gasteiger partial charge in [0.25, 0.3) is 0 Å². The third kappa shape index (κ3) is 3.14. The molecule has 1 amide bonds. The fraction of sp³-hybridized carbons (Fsp3) is 0.588. The number of ether oxygens (including phenoxy) is 2. The van der Waals surface area contributed by atoms with Crippen molar-refractivity contribution in [1.29, 1.82) is 0 Å². The van der Waals surface area contributed by atoms with E-state index >= 15 is 0 Å². The van der Waals surface area contributed by atoms with Gasteiger partial charge in [0.2, 0.25) is 5.91 Å². The molecule has 0 bridgehead atoms. The zero-order valence-corrected chi connectivity index (χ0v) is 13.9. The first-order chi connectivity index (χ1) is 11.2. The quantitative estimate of drug-likeness (QED) is 0.855. The molecule has 1 aromatic rings. The van der Waals surface area contributed by atoms with Crippen molar-refractivity contribution < 1.29 is 14.3 Å². The van der Waals surface area contributed by atoms with Gasteiger partial charge in [-0.3, -0.25) is 4.79 Å². The summed E-state index contributed by atoms with van der Waals surface area (Å²) < 4.78 is 10.7. The molecule has 0 aliphatic carbocycles. The van der Waals surface area contributed by atoms with Crippen molar-refractivity contribution in [1.82, 2.24) is 9.80 Å². The van der Waals surface area contributed by atoms with Gasteiger partial charge in [0.1, 0.15) is 0 Å². The highest BCUT2D eigenvalue weighted by molar-refractivity contribution is 5.80. The van der Waals surface area contributed by atoms with Gasteiger partial charge in [-0.25, -0.2) is 0 Å². The van der Waals surface area contributed by atoms with Gasteiger partial charge in [0.15, 0.2) is 11.5 Å². The van der Waals surface area contributed by atoms with E-state index in [-0.39, 0.29) is 11.8 Å². The molecule has 2 N–H and O–H groups in total. The van der Waals surface area contributed by atoms with Crippen molar-refractivity contribution in [2.75, 3.05) is 46.9 Å². The lowest BCUT2D eigenvalue weighted by atomic mass is 9.94. The summed E-state index contributed by atoms with van der Waals surface area (Å²) in [5.41, 5.74) is 7.94. The van der Waals surface area contributed by atoms with Crippen LogP contribution in [0.5, 0.6) is 11.5 Å². The monoisotopic (exact) mass is 319 g/mol. The molecule has 2 aliphatic rings. The maximum absolute atomic E-state index is 12.6. The summed E-state index contributed by atoms with van der Waals surface area (Å²) in [6, 6.07) is 4.03. The molecule has 126 valence electrons. The third-order valence-corrected chi connectivity index (χ3v) is 4.78. The molecule has 0 atom stereocenters. The van der Waals surface area contributed by atoms with E-state index in [4.69, 9.17) is 15.2 Å². The van der Waals surface area contributed by atoms with Gasteiger partial charge in [0.05, 0.1) is 20.1 Å². The molecule has 0 saturated carbocycles. The molecule has 3 rings (SSSR count). The number of rotatable bonds is 5. The number of amides is 1. The first-order valence-electron chi connectivity index (χ1n) is 8.11. The smallest absolute Gasteiger partial charge is 0.228 e. The van der Waals surface area contributed by atoms with Gasteiger partial charge in [-0.15, -0.1) is 0 Å². The van der Waals surface area contributed by atoms with Crippen LogP contribution in [0.2, 0.25) is 0 Å². The van der Waals surface area contributed by atoms with Crippen LogP contribution in [0.4, 0.5) is 0 Å². The van der Waals surface area contributed by atoms with Gasteiger partial charge in [0, 0.05) is 39.3 Å². The van der Waals surface area contributed by atoms with E-state index in [1.807, 2.05) is 17.0 Å². The minimum Gasteiger partial charge on any atom is -0.493 e. The van der Waals surface area contributed by atoms with E-state index < -0.39 is 0 Å². The minimum absolute atomic E-state index is 0.128. The van der Waals surface area contributed by atoms with Crippen LogP contribution in [0, 0.1) is 5.92 Å². The molecule has 0 spiro atoms. The van der Waals surface area contributed by atoms with Crippen LogP contribution in [0.25, 0.3) is 0 Å². The normalized spacial score (nSPS) is 18.3. The summed E-state index contributed by atoms with van der Waals surface area (Å²) in [5, 5.41) is 0. The highest BCUT2D eigenvalue weighted by Crippen LogP contribution is 2.33. The molecule has 2 heterocycles. The van der Waals surface area contributed by atoms with E-state index in [9.17, 15) is 4.79 Å². The molecule has 0 aromatic heterocycles. The summed E-state index contributed by atoms with van der Waals surface area (Å²) in [5.74, 6) is 1.86. The zero-order valence-electron chi connectivity index (χ0n) is 13.9. The second kappa shape index (κ2) is 6.76. The van der Waals surface area contributed by atoms with Crippen molar-refractivity contribution in [2.45, 2.75) is 13.0 Å². The Kier molecular flexibility index (Phi) is 4.73. The topological polar surface area (TPSA) is 68.0 Å². The molecule has 6 heteroatoms. The lowest BCUT2D eigenvalue weighted by Crippen LogP contribution is -2.55. The number of nitrogens with two attached hydrogens (primary N) is 1. The standard InChI is InChI=1S/C17H25N3O3/c1-22-15-7-12-3-5-20(11-13(12)8-16(15)23-2)17(21)14-9-19(10-14)6-4-18/h7-8,14H,3-6,9-11,18H2,1-2H3. The Morgan fingerprint density at radius 3 is 2.48 bits per heavy atom. The molecule has 23 heavy (non-hydrogen) atoms. The molecular formula is C17H25N3O3. The maximum atomic E-state index is 12.6. The van der Waals surface area contributed by atoms with E-state index in [1.54, 1.807) is 14.2 Å². The number of benzene rings is 1. The van der Waals surface area contributed by atoms with Gasteiger partial charge in [-0.2, -0.15) is 0 Å². The van der Waals surface area contributed by atoms with Gasteiger partial charge in [-0.05, 0) is 29.7 Å². The van der Waals surface area contributed by atoms with E-state index in [0.717, 1.165) is 49.7 Å². The largest absolute Gasteiger partial charge is 0.493 e. The summed E-state index contributed by atoms with van der Waals surface area (Å²) in [7, 11) is 3.28.